The number of nitrogens with zero attached hydrogens (tertiary/aromatic N) is 3. The molecular weight excluding hydrogens is 332 g/mol. The molecule has 0 saturated heterocycles. The molecule has 19 heavy (non-hydrogen) atoms. The van der Waals surface area contributed by atoms with E-state index < -0.39 is 0 Å². The Morgan fingerprint density at radius 3 is 2.84 bits per heavy atom. The Balaban J connectivity index is 2.40. The summed E-state index contributed by atoms with van der Waals surface area (Å²) in [5.74, 6) is 0.984. The maximum Gasteiger partial charge on any atom is 0.221 e. The van der Waals surface area contributed by atoms with Crippen LogP contribution in [0.5, 0.6) is 5.75 Å². The zero-order valence-corrected chi connectivity index (χ0v) is 12.7. The molecule has 0 unspecified atom stereocenters. The fraction of sp³-hybridized carbons (Fsp3) is 0.167. The van der Waals surface area contributed by atoms with Crippen LogP contribution in [0.15, 0.2) is 27.9 Å². The van der Waals surface area contributed by atoms with Crippen molar-refractivity contribution in [2.24, 2.45) is 5.10 Å². The number of hydrogen-bond donors (Lipinski definition) is 1. The second kappa shape index (κ2) is 5.63. The molecule has 0 fully saturated rings. The molecule has 7 heteroatoms. The summed E-state index contributed by atoms with van der Waals surface area (Å²) in [4.78, 5) is 4.06. The van der Waals surface area contributed by atoms with E-state index in [0.29, 0.717) is 16.7 Å². The summed E-state index contributed by atoms with van der Waals surface area (Å²) in [6.45, 7) is 1.85. The molecule has 0 saturated carbocycles. The van der Waals surface area contributed by atoms with E-state index in [1.165, 1.54) is 4.68 Å². The first kappa shape index (κ1) is 13.9. The number of aryl methyl sites for hydroxylation is 1. The maximum absolute atomic E-state index is 6.01. The van der Waals surface area contributed by atoms with Gasteiger partial charge < -0.3 is 10.5 Å². The fourth-order valence-electron chi connectivity index (χ4n) is 1.61. The van der Waals surface area contributed by atoms with Crippen LogP contribution in [0.2, 0.25) is 5.02 Å². The van der Waals surface area contributed by atoms with Crippen molar-refractivity contribution in [3.05, 3.63) is 39.1 Å². The number of aromatic nitrogens is 2. The zero-order chi connectivity index (χ0) is 14.0. The van der Waals surface area contributed by atoms with Crippen molar-refractivity contribution < 1.29 is 4.74 Å². The van der Waals surface area contributed by atoms with Crippen LogP contribution in [0, 0.1) is 6.92 Å². The van der Waals surface area contributed by atoms with E-state index in [1.54, 1.807) is 31.7 Å². The molecule has 0 aliphatic rings. The predicted molar refractivity (Wildman–Crippen MR) is 80.1 cm³/mol. The van der Waals surface area contributed by atoms with Crippen LogP contribution in [0.4, 0.5) is 5.95 Å². The normalized spacial score (nSPS) is 11.2. The summed E-state index contributed by atoms with van der Waals surface area (Å²) in [6, 6.07) is 3.52. The topological polar surface area (TPSA) is 65.4 Å². The van der Waals surface area contributed by atoms with E-state index in [1.807, 2.05) is 6.92 Å². The first-order chi connectivity index (χ1) is 9.01. The lowest BCUT2D eigenvalue weighted by Gasteiger charge is -2.07. The van der Waals surface area contributed by atoms with Crippen molar-refractivity contribution in [2.75, 3.05) is 12.8 Å². The zero-order valence-electron chi connectivity index (χ0n) is 10.4. The molecule has 0 amide bonds. The number of nitrogens with two attached hydrogens (primary N) is 1. The molecule has 5 nitrogen and oxygen atoms in total. The van der Waals surface area contributed by atoms with Crippen LogP contribution in [0.3, 0.4) is 0 Å². The fourth-order valence-corrected chi connectivity index (χ4v) is 2.61. The molecule has 2 aromatic rings. The summed E-state index contributed by atoms with van der Waals surface area (Å²) in [5, 5.41) is 4.82. The SMILES string of the molecule is COc1c(Br)cc(Cl)cc1C=Nn1cc(C)nc1N. The Morgan fingerprint density at radius 2 is 2.26 bits per heavy atom. The molecule has 2 N–H and O–H groups in total. The highest BCUT2D eigenvalue weighted by molar-refractivity contribution is 9.10. The number of imidazole rings is 1. The van der Waals surface area contributed by atoms with Gasteiger partial charge >= 0.3 is 0 Å². The first-order valence-electron chi connectivity index (χ1n) is 5.40. The summed E-state index contributed by atoms with van der Waals surface area (Å²) in [7, 11) is 1.58. The minimum Gasteiger partial charge on any atom is -0.495 e. The van der Waals surface area contributed by atoms with Crippen molar-refractivity contribution in [3.8, 4) is 5.75 Å². The van der Waals surface area contributed by atoms with Gasteiger partial charge in [-0.1, -0.05) is 11.6 Å². The van der Waals surface area contributed by atoms with Crippen LogP contribution < -0.4 is 10.5 Å². The van der Waals surface area contributed by atoms with Crippen molar-refractivity contribution in [3.63, 3.8) is 0 Å². The van der Waals surface area contributed by atoms with Crippen molar-refractivity contribution in [1.82, 2.24) is 9.66 Å². The number of methoxy groups -OCH3 is 1. The van der Waals surface area contributed by atoms with Gasteiger partial charge in [-0.05, 0) is 35.0 Å². The van der Waals surface area contributed by atoms with E-state index in [-0.39, 0.29) is 0 Å². The van der Waals surface area contributed by atoms with Crippen LogP contribution in [0.1, 0.15) is 11.3 Å². The lowest BCUT2D eigenvalue weighted by molar-refractivity contribution is 0.411. The number of nitrogen functional groups attached to an aromatic ring is 1. The summed E-state index contributed by atoms with van der Waals surface area (Å²) in [5.41, 5.74) is 7.25. The molecule has 1 heterocycles. The molecule has 2 rings (SSSR count). The third kappa shape index (κ3) is 3.08. The number of rotatable bonds is 3. The molecule has 0 spiro atoms. The van der Waals surface area contributed by atoms with Crippen molar-refractivity contribution in [1.29, 1.82) is 0 Å². The number of benzene rings is 1. The van der Waals surface area contributed by atoms with E-state index in [0.717, 1.165) is 15.7 Å². The molecule has 0 radical (unpaired) electrons. The number of hydrogen-bond acceptors (Lipinski definition) is 4. The van der Waals surface area contributed by atoms with E-state index in [9.17, 15) is 0 Å². The first-order valence-corrected chi connectivity index (χ1v) is 6.57. The van der Waals surface area contributed by atoms with Crippen LogP contribution in [0.25, 0.3) is 0 Å². The Labute approximate surface area is 124 Å². The van der Waals surface area contributed by atoms with Gasteiger partial charge in [0.2, 0.25) is 5.95 Å². The maximum atomic E-state index is 6.01. The molecule has 0 aliphatic heterocycles. The lowest BCUT2D eigenvalue weighted by atomic mass is 10.2. The van der Waals surface area contributed by atoms with E-state index in [4.69, 9.17) is 22.1 Å². The molecule has 1 aromatic heterocycles. The molecular formula is C12H12BrClN4O. The van der Waals surface area contributed by atoms with Gasteiger partial charge in [-0.25, -0.2) is 9.66 Å². The van der Waals surface area contributed by atoms with Gasteiger partial charge in [0.05, 0.1) is 29.7 Å². The third-order valence-electron chi connectivity index (χ3n) is 2.40. The van der Waals surface area contributed by atoms with E-state index in [2.05, 4.69) is 26.0 Å². The molecule has 1 aromatic carbocycles. The van der Waals surface area contributed by atoms with Gasteiger partial charge in [0, 0.05) is 10.6 Å². The van der Waals surface area contributed by atoms with Gasteiger partial charge in [-0.15, -0.1) is 0 Å². The molecule has 0 atom stereocenters. The minimum absolute atomic E-state index is 0.328. The monoisotopic (exact) mass is 342 g/mol. The summed E-state index contributed by atoms with van der Waals surface area (Å²) >= 11 is 9.39. The Hall–Kier alpha value is -1.53. The molecule has 0 aliphatic carbocycles. The second-order valence-electron chi connectivity index (χ2n) is 3.84. The Kier molecular flexibility index (Phi) is 4.11. The van der Waals surface area contributed by atoms with Gasteiger partial charge in [0.1, 0.15) is 5.75 Å². The van der Waals surface area contributed by atoms with Crippen LogP contribution in [-0.4, -0.2) is 23.0 Å². The number of halogens is 2. The molecule has 0 bridgehead atoms. The van der Waals surface area contributed by atoms with Gasteiger partial charge in [-0.3, -0.25) is 0 Å². The van der Waals surface area contributed by atoms with E-state index >= 15 is 0 Å². The smallest absolute Gasteiger partial charge is 0.221 e. The average molecular weight is 344 g/mol. The highest BCUT2D eigenvalue weighted by Crippen LogP contribution is 2.31. The van der Waals surface area contributed by atoms with Crippen molar-refractivity contribution in [2.45, 2.75) is 6.92 Å². The van der Waals surface area contributed by atoms with Crippen LogP contribution in [-0.2, 0) is 0 Å². The van der Waals surface area contributed by atoms with Crippen LogP contribution >= 0.6 is 27.5 Å². The highest BCUT2D eigenvalue weighted by Gasteiger charge is 2.08. The predicted octanol–water partition coefficient (Wildman–Crippen LogP) is 3.08. The Morgan fingerprint density at radius 1 is 1.53 bits per heavy atom. The lowest BCUT2D eigenvalue weighted by Crippen LogP contribution is -1.98. The number of anilines is 1. The quantitative estimate of drug-likeness (QED) is 0.871. The van der Waals surface area contributed by atoms with Gasteiger partial charge in [-0.2, -0.15) is 5.10 Å². The van der Waals surface area contributed by atoms with Crippen molar-refractivity contribution >= 4 is 39.7 Å². The summed E-state index contributed by atoms with van der Waals surface area (Å²) in [6.07, 6.45) is 3.35. The largest absolute Gasteiger partial charge is 0.495 e. The highest BCUT2D eigenvalue weighted by atomic mass is 79.9. The minimum atomic E-state index is 0.328. The van der Waals surface area contributed by atoms with Gasteiger partial charge in [0.15, 0.2) is 0 Å². The third-order valence-corrected chi connectivity index (χ3v) is 3.20. The second-order valence-corrected chi connectivity index (χ2v) is 5.13. The summed E-state index contributed by atoms with van der Waals surface area (Å²) < 4.78 is 7.55. The Bertz CT molecular complexity index is 639. The number of ether oxygens (including phenoxy) is 1. The molecule has 100 valence electrons. The standard InChI is InChI=1S/C12H12BrClN4O/c1-7-6-18(12(15)17-7)16-5-8-3-9(14)4-10(13)11(8)19-2/h3-6H,1-2H3,(H2,15,17). The van der Waals surface area contributed by atoms with Gasteiger partial charge in [0.25, 0.3) is 0 Å². The average Bonchev–Trinajstić information content (AvgIpc) is 2.64.